The minimum absolute atomic E-state index is 0.434. The number of hydrogen-bond donors (Lipinski definition) is 1. The van der Waals surface area contributed by atoms with Crippen LogP contribution in [-0.2, 0) is 0 Å². The summed E-state index contributed by atoms with van der Waals surface area (Å²) < 4.78 is 0. The van der Waals surface area contributed by atoms with Crippen LogP contribution in [0.3, 0.4) is 0 Å². The maximum Gasteiger partial charge on any atom is 0.0127 e. The Hall–Kier alpha value is 0.310. The van der Waals surface area contributed by atoms with Gasteiger partial charge in [-0.3, -0.25) is 0 Å². The maximum absolute atomic E-state index is 5.76. The molecule has 1 saturated carbocycles. The van der Waals surface area contributed by atoms with Crippen LogP contribution in [-0.4, -0.2) is 17.5 Å². The van der Waals surface area contributed by atoms with E-state index in [0.29, 0.717) is 6.04 Å². The minimum atomic E-state index is 0.434. The fourth-order valence-electron chi connectivity index (χ4n) is 0.788. The van der Waals surface area contributed by atoms with Crippen molar-refractivity contribution in [3.05, 3.63) is 0 Å². The molecule has 60 valence electrons. The molecule has 0 bridgehead atoms. The summed E-state index contributed by atoms with van der Waals surface area (Å²) in [6, 6.07) is 0.434. The van der Waals surface area contributed by atoms with Gasteiger partial charge in [-0.25, -0.2) is 0 Å². The van der Waals surface area contributed by atoms with E-state index in [9.17, 15) is 0 Å². The van der Waals surface area contributed by atoms with E-state index < -0.39 is 0 Å². The van der Waals surface area contributed by atoms with E-state index in [1.807, 2.05) is 11.8 Å². The topological polar surface area (TPSA) is 26.0 Å². The lowest BCUT2D eigenvalue weighted by Gasteiger charge is -2.06. The SMILES string of the molecule is CC[C@@H](N)CSCC1CC1. The van der Waals surface area contributed by atoms with Crippen molar-refractivity contribution in [1.82, 2.24) is 0 Å². The fourth-order valence-corrected chi connectivity index (χ4v) is 2.13. The minimum Gasteiger partial charge on any atom is -0.327 e. The first kappa shape index (κ1) is 8.41. The Morgan fingerprint density at radius 2 is 2.30 bits per heavy atom. The highest BCUT2D eigenvalue weighted by atomic mass is 32.2. The largest absolute Gasteiger partial charge is 0.327 e. The molecule has 1 rings (SSSR count). The summed E-state index contributed by atoms with van der Waals surface area (Å²) in [6.45, 7) is 2.16. The molecule has 1 atom stereocenters. The van der Waals surface area contributed by atoms with Gasteiger partial charge in [0.2, 0.25) is 0 Å². The van der Waals surface area contributed by atoms with Gasteiger partial charge in [0, 0.05) is 11.8 Å². The Balaban J connectivity index is 1.83. The Labute approximate surface area is 67.8 Å². The number of thioether (sulfide) groups is 1. The summed E-state index contributed by atoms with van der Waals surface area (Å²) in [7, 11) is 0. The quantitative estimate of drug-likeness (QED) is 0.662. The van der Waals surface area contributed by atoms with Crippen LogP contribution in [0, 0.1) is 5.92 Å². The molecule has 2 heteroatoms. The lowest BCUT2D eigenvalue weighted by molar-refractivity contribution is 0.724. The molecule has 0 aliphatic heterocycles. The molecule has 0 unspecified atom stereocenters. The molecule has 1 aliphatic rings. The van der Waals surface area contributed by atoms with Crippen molar-refractivity contribution in [3.8, 4) is 0 Å². The van der Waals surface area contributed by atoms with E-state index >= 15 is 0 Å². The van der Waals surface area contributed by atoms with E-state index in [2.05, 4.69) is 6.92 Å². The standard InChI is InChI=1S/C8H17NS/c1-2-8(9)6-10-5-7-3-4-7/h7-8H,2-6,9H2,1H3/t8-/m1/s1. The normalized spacial score (nSPS) is 21.0. The first-order chi connectivity index (χ1) is 4.83. The van der Waals surface area contributed by atoms with Gasteiger partial charge in [-0.05, 0) is 30.9 Å². The average Bonchev–Trinajstić information content (AvgIpc) is 2.71. The second-order valence-corrected chi connectivity index (χ2v) is 4.22. The third-order valence-corrected chi connectivity index (χ3v) is 3.28. The van der Waals surface area contributed by atoms with E-state index in [1.54, 1.807) is 0 Å². The van der Waals surface area contributed by atoms with Gasteiger partial charge in [0.25, 0.3) is 0 Å². The summed E-state index contributed by atoms with van der Waals surface area (Å²) in [5.74, 6) is 3.56. The summed E-state index contributed by atoms with van der Waals surface area (Å²) in [5.41, 5.74) is 5.76. The van der Waals surface area contributed by atoms with Crippen LogP contribution >= 0.6 is 11.8 Å². The third-order valence-electron chi connectivity index (χ3n) is 1.91. The number of nitrogens with two attached hydrogens (primary N) is 1. The molecule has 0 radical (unpaired) electrons. The first-order valence-corrected chi connectivity index (χ1v) is 5.31. The smallest absolute Gasteiger partial charge is 0.0127 e. The van der Waals surface area contributed by atoms with Gasteiger partial charge in [0.05, 0.1) is 0 Å². The van der Waals surface area contributed by atoms with Gasteiger partial charge in [0.15, 0.2) is 0 Å². The summed E-state index contributed by atoms with van der Waals surface area (Å²) in [4.78, 5) is 0. The van der Waals surface area contributed by atoms with Crippen LogP contribution in [0.2, 0.25) is 0 Å². The van der Waals surface area contributed by atoms with Crippen molar-refractivity contribution >= 4 is 11.8 Å². The van der Waals surface area contributed by atoms with Gasteiger partial charge in [-0.1, -0.05) is 6.92 Å². The van der Waals surface area contributed by atoms with E-state index in [1.165, 1.54) is 18.6 Å². The van der Waals surface area contributed by atoms with Crippen molar-refractivity contribution < 1.29 is 0 Å². The maximum atomic E-state index is 5.76. The highest BCUT2D eigenvalue weighted by Gasteiger charge is 2.20. The van der Waals surface area contributed by atoms with Crippen molar-refractivity contribution in [3.63, 3.8) is 0 Å². The van der Waals surface area contributed by atoms with Crippen molar-refractivity contribution in [2.24, 2.45) is 11.7 Å². The van der Waals surface area contributed by atoms with Gasteiger partial charge in [-0.15, -0.1) is 0 Å². The first-order valence-electron chi connectivity index (χ1n) is 4.16. The highest BCUT2D eigenvalue weighted by Crippen LogP contribution is 2.32. The van der Waals surface area contributed by atoms with Crippen molar-refractivity contribution in [2.75, 3.05) is 11.5 Å². The van der Waals surface area contributed by atoms with Crippen molar-refractivity contribution in [1.29, 1.82) is 0 Å². The zero-order valence-corrected chi connectivity index (χ0v) is 7.49. The zero-order chi connectivity index (χ0) is 7.40. The number of hydrogen-bond acceptors (Lipinski definition) is 2. The lowest BCUT2D eigenvalue weighted by Crippen LogP contribution is -2.21. The highest BCUT2D eigenvalue weighted by molar-refractivity contribution is 7.99. The van der Waals surface area contributed by atoms with Crippen LogP contribution in [0.25, 0.3) is 0 Å². The van der Waals surface area contributed by atoms with Gasteiger partial charge >= 0.3 is 0 Å². The average molecular weight is 159 g/mol. The van der Waals surface area contributed by atoms with Crippen LogP contribution < -0.4 is 5.73 Å². The summed E-state index contributed by atoms with van der Waals surface area (Å²) >= 11 is 2.03. The van der Waals surface area contributed by atoms with Gasteiger partial charge in [0.1, 0.15) is 0 Å². The summed E-state index contributed by atoms with van der Waals surface area (Å²) in [6.07, 6.45) is 4.06. The van der Waals surface area contributed by atoms with E-state index in [-0.39, 0.29) is 0 Å². The van der Waals surface area contributed by atoms with Crippen LogP contribution in [0.1, 0.15) is 26.2 Å². The molecule has 0 saturated heterocycles. The molecule has 10 heavy (non-hydrogen) atoms. The lowest BCUT2D eigenvalue weighted by atomic mass is 10.3. The Kier molecular flexibility index (Phi) is 3.57. The molecule has 2 N–H and O–H groups in total. The number of rotatable bonds is 5. The van der Waals surface area contributed by atoms with Gasteiger partial charge in [-0.2, -0.15) is 11.8 Å². The zero-order valence-electron chi connectivity index (χ0n) is 6.68. The molecular weight excluding hydrogens is 142 g/mol. The molecule has 1 aliphatic carbocycles. The monoisotopic (exact) mass is 159 g/mol. The predicted molar refractivity (Wildman–Crippen MR) is 48.3 cm³/mol. The molecule has 1 nitrogen and oxygen atoms in total. The molecule has 1 fully saturated rings. The van der Waals surface area contributed by atoms with E-state index in [0.717, 1.165) is 18.1 Å². The van der Waals surface area contributed by atoms with Crippen LogP contribution in [0.5, 0.6) is 0 Å². The Morgan fingerprint density at radius 1 is 1.60 bits per heavy atom. The second kappa shape index (κ2) is 4.24. The predicted octanol–water partition coefficient (Wildman–Crippen LogP) is 1.87. The molecule has 0 heterocycles. The van der Waals surface area contributed by atoms with Gasteiger partial charge < -0.3 is 5.73 Å². The van der Waals surface area contributed by atoms with E-state index in [4.69, 9.17) is 5.73 Å². The molecule has 0 aromatic rings. The molecule has 0 amide bonds. The molecule has 0 spiro atoms. The Morgan fingerprint density at radius 3 is 2.80 bits per heavy atom. The molecule has 0 aromatic heterocycles. The molecular formula is C8H17NS. The van der Waals surface area contributed by atoms with Crippen LogP contribution in [0.15, 0.2) is 0 Å². The second-order valence-electron chi connectivity index (χ2n) is 3.15. The molecule has 0 aromatic carbocycles. The van der Waals surface area contributed by atoms with Crippen molar-refractivity contribution in [2.45, 2.75) is 32.2 Å². The fraction of sp³-hybridized carbons (Fsp3) is 1.00. The third kappa shape index (κ3) is 3.47. The van der Waals surface area contributed by atoms with Crippen LogP contribution in [0.4, 0.5) is 0 Å². The Bertz CT molecular complexity index is 91.3. The summed E-state index contributed by atoms with van der Waals surface area (Å²) in [5, 5.41) is 0.